The van der Waals surface area contributed by atoms with E-state index in [4.69, 9.17) is 10.00 Å². The van der Waals surface area contributed by atoms with E-state index in [0.717, 1.165) is 5.57 Å². The fourth-order valence-electron chi connectivity index (χ4n) is 3.97. The molecular weight excluding hydrogens is 218 g/mol. The fourth-order valence-corrected chi connectivity index (χ4v) is 3.97. The molecule has 6 atom stereocenters. The first-order valence-electron chi connectivity index (χ1n) is 5.78. The lowest BCUT2D eigenvalue weighted by molar-refractivity contribution is -0.154. The number of carbonyl (C=O) groups excluding carboxylic acids is 2. The van der Waals surface area contributed by atoms with Crippen LogP contribution in [0.15, 0.2) is 23.8 Å². The number of hydrogen-bond donors (Lipinski definition) is 0. The Morgan fingerprint density at radius 3 is 2.35 bits per heavy atom. The monoisotopic (exact) mass is 227 g/mol. The summed E-state index contributed by atoms with van der Waals surface area (Å²) in [7, 11) is 0. The van der Waals surface area contributed by atoms with Gasteiger partial charge in [0.05, 0.1) is 17.9 Å². The summed E-state index contributed by atoms with van der Waals surface area (Å²) >= 11 is 0. The highest BCUT2D eigenvalue weighted by atomic mass is 16.6. The SMILES string of the molecule is N#CC1=C[C@@H]2[C@H]3C=C[C@@H]([C@H]12)[C@H]1C(=O)OC(=O)[C@H]31. The van der Waals surface area contributed by atoms with Gasteiger partial charge < -0.3 is 4.74 Å². The minimum Gasteiger partial charge on any atom is -0.393 e. The molecule has 0 aromatic carbocycles. The first-order valence-corrected chi connectivity index (χ1v) is 5.78. The van der Waals surface area contributed by atoms with Gasteiger partial charge in [0.25, 0.3) is 0 Å². The molecule has 2 bridgehead atoms. The van der Waals surface area contributed by atoms with Crippen LogP contribution in [0.3, 0.4) is 0 Å². The molecule has 0 amide bonds. The molecule has 17 heavy (non-hydrogen) atoms. The van der Waals surface area contributed by atoms with Crippen molar-refractivity contribution < 1.29 is 14.3 Å². The van der Waals surface area contributed by atoms with Gasteiger partial charge in [-0.25, -0.2) is 0 Å². The molecule has 2 fully saturated rings. The smallest absolute Gasteiger partial charge is 0.318 e. The molecule has 5 aliphatic rings. The normalized spacial score (nSPS) is 48.8. The van der Waals surface area contributed by atoms with Gasteiger partial charge in [-0.15, -0.1) is 0 Å². The number of ether oxygens (including phenoxy) is 1. The van der Waals surface area contributed by atoms with Crippen molar-refractivity contribution in [2.24, 2.45) is 35.5 Å². The summed E-state index contributed by atoms with van der Waals surface area (Å²) in [6.07, 6.45) is 5.97. The largest absolute Gasteiger partial charge is 0.393 e. The molecule has 1 saturated carbocycles. The highest BCUT2D eigenvalue weighted by Crippen LogP contribution is 2.60. The van der Waals surface area contributed by atoms with E-state index < -0.39 is 5.97 Å². The Kier molecular flexibility index (Phi) is 1.44. The van der Waals surface area contributed by atoms with Gasteiger partial charge >= 0.3 is 11.9 Å². The van der Waals surface area contributed by atoms with Crippen LogP contribution in [0.1, 0.15) is 0 Å². The lowest BCUT2D eigenvalue weighted by Gasteiger charge is -2.52. The lowest BCUT2D eigenvalue weighted by atomic mass is 9.48. The number of hydrogen-bond acceptors (Lipinski definition) is 4. The van der Waals surface area contributed by atoms with Gasteiger partial charge in [-0.3, -0.25) is 9.59 Å². The van der Waals surface area contributed by atoms with Crippen LogP contribution in [-0.2, 0) is 14.3 Å². The van der Waals surface area contributed by atoms with Crippen molar-refractivity contribution in [2.75, 3.05) is 0 Å². The van der Waals surface area contributed by atoms with E-state index >= 15 is 0 Å². The maximum Gasteiger partial charge on any atom is 0.318 e. The zero-order chi connectivity index (χ0) is 11.7. The van der Waals surface area contributed by atoms with Crippen molar-refractivity contribution in [3.05, 3.63) is 23.8 Å². The van der Waals surface area contributed by atoms with Crippen LogP contribution in [0.25, 0.3) is 0 Å². The number of nitriles is 1. The predicted octanol–water partition coefficient (Wildman–Crippen LogP) is 0.814. The van der Waals surface area contributed by atoms with Crippen molar-refractivity contribution in [1.29, 1.82) is 5.26 Å². The quantitative estimate of drug-likeness (QED) is 0.349. The zero-order valence-electron chi connectivity index (χ0n) is 8.87. The standard InChI is InChI=1S/C13H9NO3/c14-4-5-3-8-6-1-2-7(9(5)8)11-10(6)12(15)17-13(11)16/h1-3,6-11H/t6-,7+,8-,9+,10-,11-/m1/s1. The number of esters is 2. The molecule has 84 valence electrons. The first-order chi connectivity index (χ1) is 8.22. The van der Waals surface area contributed by atoms with Gasteiger partial charge in [0.1, 0.15) is 0 Å². The van der Waals surface area contributed by atoms with Gasteiger partial charge in [0, 0.05) is 11.5 Å². The highest BCUT2D eigenvalue weighted by molar-refractivity contribution is 5.98. The van der Waals surface area contributed by atoms with E-state index in [2.05, 4.69) is 6.07 Å². The highest BCUT2D eigenvalue weighted by Gasteiger charge is 2.63. The minimum atomic E-state index is -0.401. The third-order valence-electron chi connectivity index (χ3n) is 4.65. The van der Waals surface area contributed by atoms with E-state index in [1.807, 2.05) is 18.2 Å². The summed E-state index contributed by atoms with van der Waals surface area (Å²) in [5, 5.41) is 8.99. The second-order valence-electron chi connectivity index (χ2n) is 5.17. The predicted molar refractivity (Wildman–Crippen MR) is 54.9 cm³/mol. The molecule has 1 aliphatic heterocycles. The van der Waals surface area contributed by atoms with E-state index in [9.17, 15) is 9.59 Å². The summed E-state index contributed by atoms with van der Waals surface area (Å²) in [5.74, 6) is -1.03. The number of rotatable bonds is 0. The number of nitrogens with zero attached hydrogens (tertiary/aromatic N) is 1. The van der Waals surface area contributed by atoms with Crippen molar-refractivity contribution in [3.8, 4) is 6.07 Å². The molecule has 0 N–H and O–H groups in total. The van der Waals surface area contributed by atoms with Gasteiger partial charge in [-0.1, -0.05) is 18.2 Å². The Morgan fingerprint density at radius 1 is 1.00 bits per heavy atom. The molecule has 1 saturated heterocycles. The van der Waals surface area contributed by atoms with Crippen LogP contribution in [0.5, 0.6) is 0 Å². The molecular formula is C13H9NO3. The molecule has 0 spiro atoms. The molecule has 0 aromatic heterocycles. The third-order valence-corrected chi connectivity index (χ3v) is 4.65. The van der Waals surface area contributed by atoms with Gasteiger partial charge in [0.2, 0.25) is 0 Å². The number of carbonyl (C=O) groups is 2. The Balaban J connectivity index is 1.84. The molecule has 4 nitrogen and oxygen atoms in total. The average Bonchev–Trinajstić information content (AvgIpc) is 2.57. The maximum absolute atomic E-state index is 11.7. The van der Waals surface area contributed by atoms with Crippen LogP contribution in [0, 0.1) is 46.8 Å². The second-order valence-corrected chi connectivity index (χ2v) is 5.17. The molecule has 0 radical (unpaired) electrons. The summed E-state index contributed by atoms with van der Waals surface area (Å²) < 4.78 is 4.76. The number of allylic oxidation sites excluding steroid dienone is 4. The van der Waals surface area contributed by atoms with Crippen LogP contribution < -0.4 is 0 Å². The summed E-state index contributed by atoms with van der Waals surface area (Å²) in [4.78, 5) is 23.4. The lowest BCUT2D eigenvalue weighted by Crippen LogP contribution is -2.52. The first kappa shape index (κ1) is 9.17. The second kappa shape index (κ2) is 2.67. The van der Waals surface area contributed by atoms with Crippen LogP contribution in [0.2, 0.25) is 0 Å². The summed E-state index contributed by atoms with van der Waals surface area (Å²) in [6.45, 7) is 0. The van der Waals surface area contributed by atoms with E-state index in [-0.39, 0.29) is 41.5 Å². The van der Waals surface area contributed by atoms with Crippen molar-refractivity contribution >= 4 is 11.9 Å². The molecule has 0 aromatic rings. The Morgan fingerprint density at radius 2 is 1.65 bits per heavy atom. The van der Waals surface area contributed by atoms with Crippen LogP contribution in [0.4, 0.5) is 0 Å². The van der Waals surface area contributed by atoms with Gasteiger partial charge in [0.15, 0.2) is 0 Å². The Hall–Kier alpha value is -1.89. The van der Waals surface area contributed by atoms with Crippen molar-refractivity contribution in [2.45, 2.75) is 0 Å². The molecule has 4 heteroatoms. The van der Waals surface area contributed by atoms with E-state index in [1.54, 1.807) is 0 Å². The van der Waals surface area contributed by atoms with Crippen molar-refractivity contribution in [1.82, 2.24) is 0 Å². The van der Waals surface area contributed by atoms with Crippen molar-refractivity contribution in [3.63, 3.8) is 0 Å². The molecule has 0 unspecified atom stereocenters. The Bertz CT molecular complexity index is 554. The average molecular weight is 227 g/mol. The summed E-state index contributed by atoms with van der Waals surface area (Å²) in [5.41, 5.74) is 0.764. The number of cyclic esters (lactones) is 2. The summed E-state index contributed by atoms with van der Waals surface area (Å²) in [6, 6.07) is 2.18. The topological polar surface area (TPSA) is 67.2 Å². The third kappa shape index (κ3) is 0.858. The fraction of sp³-hybridized carbons (Fsp3) is 0.462. The zero-order valence-corrected chi connectivity index (χ0v) is 8.87. The van der Waals surface area contributed by atoms with E-state index in [1.165, 1.54) is 0 Å². The maximum atomic E-state index is 11.7. The Labute approximate surface area is 97.5 Å². The molecule has 4 aliphatic carbocycles. The van der Waals surface area contributed by atoms with Gasteiger partial charge in [-0.2, -0.15) is 5.26 Å². The van der Waals surface area contributed by atoms with Crippen LogP contribution in [-0.4, -0.2) is 11.9 Å². The molecule has 5 rings (SSSR count). The van der Waals surface area contributed by atoms with E-state index in [0.29, 0.717) is 0 Å². The minimum absolute atomic E-state index is 0.0198. The van der Waals surface area contributed by atoms with Gasteiger partial charge in [-0.05, 0) is 17.8 Å². The molecule has 1 heterocycles. The van der Waals surface area contributed by atoms with Crippen LogP contribution >= 0.6 is 0 Å².